The smallest absolute Gasteiger partial charge is 0.252 e. The number of rotatable bonds is 2. The van der Waals surface area contributed by atoms with Gasteiger partial charge in [-0.3, -0.25) is 9.78 Å². The number of H-pyrrole nitrogens is 1. The quantitative estimate of drug-likeness (QED) is 0.491. The second kappa shape index (κ2) is 6.52. The van der Waals surface area contributed by atoms with Gasteiger partial charge in [-0.15, -0.1) is 0 Å². The maximum absolute atomic E-state index is 12.6. The summed E-state index contributed by atoms with van der Waals surface area (Å²) in [5.74, 6) is 0.0675. The second-order valence-corrected chi connectivity index (χ2v) is 8.42. The molecule has 1 saturated carbocycles. The lowest BCUT2D eigenvalue weighted by Gasteiger charge is -2.34. The number of carbonyl (C=O) groups is 1. The highest BCUT2D eigenvalue weighted by atomic mass is 16.2. The number of pyridine rings is 2. The molecule has 1 aliphatic heterocycles. The number of fused-ring (bicyclic) bond motifs is 3. The molecule has 0 saturated heterocycles. The monoisotopic (exact) mass is 394 g/mol. The predicted molar refractivity (Wildman–Crippen MR) is 117 cm³/mol. The first-order valence-corrected chi connectivity index (χ1v) is 10.6. The average molecular weight is 394 g/mol. The Hall–Kier alpha value is -3.47. The van der Waals surface area contributed by atoms with Crippen molar-refractivity contribution in [1.29, 1.82) is 0 Å². The second-order valence-electron chi connectivity index (χ2n) is 8.42. The topological polar surface area (TPSA) is 70.7 Å². The number of aromatic nitrogens is 3. The molecule has 1 amide bonds. The van der Waals surface area contributed by atoms with Crippen molar-refractivity contribution in [2.24, 2.45) is 0 Å². The molecule has 5 heteroatoms. The predicted octanol–water partition coefficient (Wildman–Crippen LogP) is 5.19. The Morgan fingerprint density at radius 1 is 0.900 bits per heavy atom. The van der Waals surface area contributed by atoms with E-state index in [0.29, 0.717) is 0 Å². The normalized spacial score (nSPS) is 17.3. The summed E-state index contributed by atoms with van der Waals surface area (Å²) in [5, 5.41) is 4.38. The average Bonchev–Trinajstić information content (AvgIpc) is 3.33. The summed E-state index contributed by atoms with van der Waals surface area (Å²) in [7, 11) is 0. The Kier molecular flexibility index (Phi) is 3.78. The Morgan fingerprint density at radius 3 is 2.63 bits per heavy atom. The lowest BCUT2D eigenvalue weighted by molar-refractivity contribution is 0.0909. The lowest BCUT2D eigenvalue weighted by Crippen LogP contribution is -2.40. The fourth-order valence-electron chi connectivity index (χ4n) is 5.14. The molecule has 0 radical (unpaired) electrons. The Labute approximate surface area is 174 Å². The van der Waals surface area contributed by atoms with Crippen LogP contribution < -0.4 is 5.32 Å². The van der Waals surface area contributed by atoms with Crippen molar-refractivity contribution in [3.63, 3.8) is 0 Å². The van der Waals surface area contributed by atoms with E-state index in [1.807, 2.05) is 36.8 Å². The van der Waals surface area contributed by atoms with Crippen molar-refractivity contribution >= 4 is 16.9 Å². The third-order valence-corrected chi connectivity index (χ3v) is 6.68. The molecule has 2 aliphatic rings. The van der Waals surface area contributed by atoms with E-state index in [4.69, 9.17) is 0 Å². The van der Waals surface area contributed by atoms with Crippen LogP contribution in [0.4, 0.5) is 0 Å². The first kappa shape index (κ1) is 17.4. The van der Waals surface area contributed by atoms with Gasteiger partial charge in [0.25, 0.3) is 5.91 Å². The van der Waals surface area contributed by atoms with Crippen LogP contribution in [0, 0.1) is 0 Å². The van der Waals surface area contributed by atoms with Gasteiger partial charge in [-0.25, -0.2) is 4.98 Å². The van der Waals surface area contributed by atoms with Crippen LogP contribution in [0.25, 0.3) is 33.3 Å². The maximum Gasteiger partial charge on any atom is 0.252 e. The minimum atomic E-state index is -0.189. The molecule has 148 valence electrons. The Bertz CT molecular complexity index is 1270. The highest BCUT2D eigenvalue weighted by Crippen LogP contribution is 2.44. The van der Waals surface area contributed by atoms with Gasteiger partial charge in [-0.1, -0.05) is 31.4 Å². The first-order chi connectivity index (χ1) is 14.7. The van der Waals surface area contributed by atoms with Gasteiger partial charge in [0, 0.05) is 52.4 Å². The molecular formula is C25H22N4O. The van der Waals surface area contributed by atoms with E-state index in [-0.39, 0.29) is 11.4 Å². The minimum absolute atomic E-state index is 0.0675. The third-order valence-electron chi connectivity index (χ3n) is 6.68. The fraction of sp³-hybridized carbons (Fsp3) is 0.240. The van der Waals surface area contributed by atoms with E-state index in [2.05, 4.69) is 38.5 Å². The molecule has 5 nitrogen and oxygen atoms in total. The van der Waals surface area contributed by atoms with Crippen molar-refractivity contribution < 1.29 is 4.79 Å². The summed E-state index contributed by atoms with van der Waals surface area (Å²) in [5.41, 5.74) is 6.97. The number of hydrogen-bond acceptors (Lipinski definition) is 3. The highest BCUT2D eigenvalue weighted by molar-refractivity contribution is 6.02. The van der Waals surface area contributed by atoms with Crippen LogP contribution in [-0.2, 0) is 5.54 Å². The van der Waals surface area contributed by atoms with E-state index in [9.17, 15) is 4.79 Å². The molecule has 1 spiro atoms. The van der Waals surface area contributed by atoms with Crippen LogP contribution in [-0.4, -0.2) is 20.9 Å². The van der Waals surface area contributed by atoms with E-state index < -0.39 is 0 Å². The van der Waals surface area contributed by atoms with Crippen LogP contribution in [0.1, 0.15) is 48.0 Å². The molecule has 0 unspecified atom stereocenters. The number of benzene rings is 1. The molecule has 2 N–H and O–H groups in total. The number of hydrogen-bond donors (Lipinski definition) is 2. The van der Waals surface area contributed by atoms with Gasteiger partial charge >= 0.3 is 0 Å². The molecular weight excluding hydrogens is 372 g/mol. The van der Waals surface area contributed by atoms with Gasteiger partial charge in [0.2, 0.25) is 0 Å². The maximum atomic E-state index is 12.6. The largest absolute Gasteiger partial charge is 0.346 e. The summed E-state index contributed by atoms with van der Waals surface area (Å²) < 4.78 is 0. The van der Waals surface area contributed by atoms with Gasteiger partial charge in [-0.05, 0) is 48.2 Å². The fourth-order valence-corrected chi connectivity index (χ4v) is 5.14. The molecule has 0 bridgehead atoms. The molecule has 4 heterocycles. The zero-order chi connectivity index (χ0) is 20.1. The molecule has 1 aliphatic carbocycles. The van der Waals surface area contributed by atoms with Crippen LogP contribution >= 0.6 is 0 Å². The summed E-state index contributed by atoms with van der Waals surface area (Å²) in [4.78, 5) is 24.8. The van der Waals surface area contributed by atoms with Crippen molar-refractivity contribution in [2.45, 2.75) is 37.6 Å². The first-order valence-electron chi connectivity index (χ1n) is 10.6. The number of amides is 1. The van der Waals surface area contributed by atoms with Crippen molar-refractivity contribution in [3.8, 4) is 22.3 Å². The number of nitrogens with zero attached hydrogens (tertiary/aromatic N) is 2. The number of aromatic amines is 1. The van der Waals surface area contributed by atoms with Crippen molar-refractivity contribution in [2.75, 3.05) is 0 Å². The molecule has 6 rings (SSSR count). The van der Waals surface area contributed by atoms with E-state index in [1.54, 1.807) is 6.20 Å². The van der Waals surface area contributed by atoms with Gasteiger partial charge in [0.05, 0.1) is 5.54 Å². The van der Waals surface area contributed by atoms with Crippen LogP contribution in [0.5, 0.6) is 0 Å². The molecule has 4 aromatic rings. The standard InChI is InChI=1S/C25H22N4O/c30-24-19-7-6-16(12-22(19)25(29-24)8-2-1-3-9-25)21-15-28-23-20(21)11-18(14-27-23)17-5-4-10-26-13-17/h4-7,10-15H,1-3,8-9H2,(H,27,28)(H,29,30). The summed E-state index contributed by atoms with van der Waals surface area (Å²) in [6.45, 7) is 0. The minimum Gasteiger partial charge on any atom is -0.346 e. The van der Waals surface area contributed by atoms with Crippen LogP contribution in [0.15, 0.2) is 61.2 Å². The van der Waals surface area contributed by atoms with Gasteiger partial charge in [-0.2, -0.15) is 0 Å². The zero-order valence-corrected chi connectivity index (χ0v) is 16.6. The molecule has 3 aromatic heterocycles. The third kappa shape index (κ3) is 2.58. The summed E-state index contributed by atoms with van der Waals surface area (Å²) >= 11 is 0. The van der Waals surface area contributed by atoms with Gasteiger partial charge in [0.15, 0.2) is 0 Å². The lowest BCUT2D eigenvalue weighted by atomic mass is 9.77. The van der Waals surface area contributed by atoms with E-state index in [1.165, 1.54) is 6.42 Å². The Balaban J connectivity index is 1.49. The molecule has 1 fully saturated rings. The van der Waals surface area contributed by atoms with E-state index >= 15 is 0 Å². The summed E-state index contributed by atoms with van der Waals surface area (Å²) in [6, 6.07) is 12.4. The number of carbonyl (C=O) groups excluding carboxylic acids is 1. The molecule has 30 heavy (non-hydrogen) atoms. The SMILES string of the molecule is O=C1NC2(CCCCC2)c2cc(-c3c[nH]c4ncc(-c5cccnc5)cc34)ccc21. The summed E-state index contributed by atoms with van der Waals surface area (Å²) in [6.07, 6.45) is 13.1. The van der Waals surface area contributed by atoms with E-state index in [0.717, 1.165) is 70.1 Å². The highest BCUT2D eigenvalue weighted by Gasteiger charge is 2.43. The molecule has 1 aromatic carbocycles. The molecule has 0 atom stereocenters. The Morgan fingerprint density at radius 2 is 1.80 bits per heavy atom. The van der Waals surface area contributed by atoms with Crippen LogP contribution in [0.3, 0.4) is 0 Å². The number of nitrogens with one attached hydrogen (secondary N) is 2. The van der Waals surface area contributed by atoms with Crippen molar-refractivity contribution in [3.05, 3.63) is 72.3 Å². The zero-order valence-electron chi connectivity index (χ0n) is 16.6. The van der Waals surface area contributed by atoms with Gasteiger partial charge in [0.1, 0.15) is 5.65 Å². The van der Waals surface area contributed by atoms with Gasteiger partial charge < -0.3 is 10.3 Å². The van der Waals surface area contributed by atoms with Crippen LogP contribution in [0.2, 0.25) is 0 Å². The van der Waals surface area contributed by atoms with Crippen molar-refractivity contribution in [1.82, 2.24) is 20.3 Å².